The summed E-state index contributed by atoms with van der Waals surface area (Å²) in [4.78, 5) is 2.40. The van der Waals surface area contributed by atoms with E-state index < -0.39 is 0 Å². The van der Waals surface area contributed by atoms with Crippen LogP contribution in [0, 0.1) is 0 Å². The Kier molecular flexibility index (Phi) is 7.17. The van der Waals surface area contributed by atoms with Gasteiger partial charge in [-0.15, -0.1) is 0 Å². The maximum Gasteiger partial charge on any atom is 0.135 e. The molecule has 11 aromatic rings. The minimum atomic E-state index is 0.877. The smallest absolute Gasteiger partial charge is 0.135 e. The summed E-state index contributed by atoms with van der Waals surface area (Å²) in [6.07, 6.45) is 0. The van der Waals surface area contributed by atoms with Gasteiger partial charge in [0, 0.05) is 44.0 Å². The number of rotatable bonds is 6. The van der Waals surface area contributed by atoms with Gasteiger partial charge in [0.2, 0.25) is 0 Å². The number of nitrogens with zero attached hydrogens (tertiary/aromatic N) is 2. The molecule has 258 valence electrons. The van der Waals surface area contributed by atoms with E-state index in [0.717, 1.165) is 61.3 Å². The van der Waals surface area contributed by atoms with E-state index in [0.29, 0.717) is 0 Å². The number of para-hydroxylation sites is 4. The van der Waals surface area contributed by atoms with E-state index in [4.69, 9.17) is 4.42 Å². The molecule has 55 heavy (non-hydrogen) atoms. The van der Waals surface area contributed by atoms with Crippen LogP contribution in [0.15, 0.2) is 211 Å². The van der Waals surface area contributed by atoms with E-state index in [2.05, 4.69) is 204 Å². The van der Waals surface area contributed by atoms with Gasteiger partial charge in [0.25, 0.3) is 0 Å². The van der Waals surface area contributed by atoms with Gasteiger partial charge < -0.3 is 13.9 Å². The molecule has 0 aliphatic rings. The first-order valence-electron chi connectivity index (χ1n) is 18.8. The van der Waals surface area contributed by atoms with Crippen LogP contribution in [0.3, 0.4) is 0 Å². The SMILES string of the molecule is c1ccc(-c2ccccc2N(c2ccc3oc4ccccc4c3c2)c2ccc3c4ccccc4n(-c4ccccc4-c4cccc5ccccc45)c3c2)cc1. The van der Waals surface area contributed by atoms with Crippen molar-refractivity contribution < 1.29 is 4.42 Å². The molecular weight excluding hydrogens is 669 g/mol. The van der Waals surface area contributed by atoms with E-state index in [1.165, 1.54) is 38.2 Å². The zero-order valence-corrected chi connectivity index (χ0v) is 29.9. The van der Waals surface area contributed by atoms with Gasteiger partial charge in [0.1, 0.15) is 11.2 Å². The molecule has 0 aliphatic carbocycles. The lowest BCUT2D eigenvalue weighted by Crippen LogP contribution is -2.11. The van der Waals surface area contributed by atoms with Crippen molar-refractivity contribution >= 4 is 71.6 Å². The molecule has 0 radical (unpaired) electrons. The first kappa shape index (κ1) is 31.2. The Bertz CT molecular complexity index is 3220. The Hall–Kier alpha value is -7.36. The van der Waals surface area contributed by atoms with Crippen molar-refractivity contribution in [1.82, 2.24) is 4.57 Å². The lowest BCUT2D eigenvalue weighted by atomic mass is 9.97. The van der Waals surface area contributed by atoms with Crippen LogP contribution in [-0.4, -0.2) is 4.57 Å². The summed E-state index contributed by atoms with van der Waals surface area (Å²) in [5.41, 5.74) is 13.2. The van der Waals surface area contributed by atoms with E-state index >= 15 is 0 Å². The van der Waals surface area contributed by atoms with Crippen molar-refractivity contribution in [3.63, 3.8) is 0 Å². The van der Waals surface area contributed by atoms with Crippen molar-refractivity contribution in [3.8, 4) is 27.9 Å². The fourth-order valence-corrected chi connectivity index (χ4v) is 8.53. The predicted molar refractivity (Wildman–Crippen MR) is 231 cm³/mol. The second-order valence-electron chi connectivity index (χ2n) is 14.1. The van der Waals surface area contributed by atoms with Crippen molar-refractivity contribution in [2.24, 2.45) is 0 Å². The van der Waals surface area contributed by atoms with Crippen molar-refractivity contribution in [1.29, 1.82) is 0 Å². The highest BCUT2D eigenvalue weighted by molar-refractivity contribution is 6.12. The summed E-state index contributed by atoms with van der Waals surface area (Å²) < 4.78 is 8.76. The van der Waals surface area contributed by atoms with Crippen LogP contribution in [0.1, 0.15) is 0 Å². The molecule has 0 amide bonds. The Labute approximate surface area is 318 Å². The average Bonchev–Trinajstić information content (AvgIpc) is 3.79. The van der Waals surface area contributed by atoms with Gasteiger partial charge in [-0.05, 0) is 76.5 Å². The second kappa shape index (κ2) is 12.6. The molecule has 0 atom stereocenters. The van der Waals surface area contributed by atoms with Crippen molar-refractivity contribution in [2.45, 2.75) is 0 Å². The molecule has 3 heteroatoms. The number of benzene rings is 9. The van der Waals surface area contributed by atoms with E-state index in [-0.39, 0.29) is 0 Å². The number of hydrogen-bond donors (Lipinski definition) is 0. The van der Waals surface area contributed by atoms with Crippen molar-refractivity contribution in [3.05, 3.63) is 206 Å². The summed E-state index contributed by atoms with van der Waals surface area (Å²) >= 11 is 0. The third-order valence-electron chi connectivity index (χ3n) is 11.0. The summed E-state index contributed by atoms with van der Waals surface area (Å²) in [7, 11) is 0. The van der Waals surface area contributed by atoms with Gasteiger partial charge in [-0.1, -0.05) is 152 Å². The van der Waals surface area contributed by atoms with Gasteiger partial charge in [-0.2, -0.15) is 0 Å². The zero-order chi connectivity index (χ0) is 36.3. The van der Waals surface area contributed by atoms with Gasteiger partial charge >= 0.3 is 0 Å². The van der Waals surface area contributed by atoms with Crippen LogP contribution in [0.4, 0.5) is 17.1 Å². The van der Waals surface area contributed by atoms with E-state index in [1.807, 2.05) is 12.1 Å². The summed E-state index contributed by atoms with van der Waals surface area (Å²) in [6.45, 7) is 0. The second-order valence-corrected chi connectivity index (χ2v) is 14.1. The molecule has 3 nitrogen and oxygen atoms in total. The molecule has 0 bridgehead atoms. The average molecular weight is 703 g/mol. The molecule has 0 spiro atoms. The van der Waals surface area contributed by atoms with Crippen LogP contribution in [0.25, 0.3) is 82.5 Å². The Balaban J connectivity index is 1.19. The fourth-order valence-electron chi connectivity index (χ4n) is 8.53. The van der Waals surface area contributed by atoms with Crippen molar-refractivity contribution in [2.75, 3.05) is 4.90 Å². The maximum absolute atomic E-state index is 6.30. The first-order chi connectivity index (χ1) is 27.3. The van der Waals surface area contributed by atoms with Gasteiger partial charge in [0.05, 0.1) is 22.4 Å². The third-order valence-corrected chi connectivity index (χ3v) is 11.0. The van der Waals surface area contributed by atoms with Crippen LogP contribution in [0.2, 0.25) is 0 Å². The molecule has 2 heterocycles. The predicted octanol–water partition coefficient (Wildman–Crippen LogP) is 14.6. The summed E-state index contributed by atoms with van der Waals surface area (Å²) in [5.74, 6) is 0. The molecule has 2 aromatic heterocycles. The Morgan fingerprint density at radius 1 is 0.364 bits per heavy atom. The standard InChI is InChI=1S/C52H34N2O/c1-2-15-36(16-3-1)40-20-6-10-25-47(40)53(37-30-32-52-46(33-37)45-23-9-13-28-51(45)55-52)38-29-31-44-43-22-8-12-27-49(43)54(50(44)34-38)48-26-11-7-21-42(48)41-24-14-18-35-17-4-5-19-39(35)41/h1-34H. The molecule has 0 saturated carbocycles. The molecule has 0 unspecified atom stereocenters. The quantitative estimate of drug-likeness (QED) is 0.172. The highest BCUT2D eigenvalue weighted by Crippen LogP contribution is 2.45. The Morgan fingerprint density at radius 2 is 0.982 bits per heavy atom. The Morgan fingerprint density at radius 3 is 1.89 bits per heavy atom. The lowest BCUT2D eigenvalue weighted by Gasteiger charge is -2.28. The minimum absolute atomic E-state index is 0.877. The molecule has 9 aromatic carbocycles. The number of aromatic nitrogens is 1. The molecular formula is C52H34N2O. The van der Waals surface area contributed by atoms with Crippen LogP contribution < -0.4 is 4.90 Å². The minimum Gasteiger partial charge on any atom is -0.456 e. The van der Waals surface area contributed by atoms with E-state index in [1.54, 1.807) is 0 Å². The van der Waals surface area contributed by atoms with Gasteiger partial charge in [-0.3, -0.25) is 0 Å². The molecule has 0 N–H and O–H groups in total. The van der Waals surface area contributed by atoms with E-state index in [9.17, 15) is 0 Å². The first-order valence-corrected chi connectivity index (χ1v) is 18.8. The highest BCUT2D eigenvalue weighted by Gasteiger charge is 2.22. The largest absolute Gasteiger partial charge is 0.456 e. The highest BCUT2D eigenvalue weighted by atomic mass is 16.3. The fraction of sp³-hybridized carbons (Fsp3) is 0. The van der Waals surface area contributed by atoms with Gasteiger partial charge in [-0.25, -0.2) is 0 Å². The maximum atomic E-state index is 6.30. The number of furan rings is 1. The topological polar surface area (TPSA) is 21.3 Å². The zero-order valence-electron chi connectivity index (χ0n) is 29.9. The van der Waals surface area contributed by atoms with Crippen LogP contribution in [0.5, 0.6) is 0 Å². The molecule has 0 fully saturated rings. The van der Waals surface area contributed by atoms with Gasteiger partial charge in [0.15, 0.2) is 0 Å². The number of hydrogen-bond acceptors (Lipinski definition) is 2. The normalized spacial score (nSPS) is 11.6. The van der Waals surface area contributed by atoms with Crippen LogP contribution in [-0.2, 0) is 0 Å². The third kappa shape index (κ3) is 5.05. The summed E-state index contributed by atoms with van der Waals surface area (Å²) in [5, 5.41) is 7.10. The number of anilines is 3. The monoisotopic (exact) mass is 702 g/mol. The summed E-state index contributed by atoms with van der Waals surface area (Å²) in [6, 6.07) is 74.1. The lowest BCUT2D eigenvalue weighted by molar-refractivity contribution is 0.669. The van der Waals surface area contributed by atoms with Crippen LogP contribution >= 0.6 is 0 Å². The number of fused-ring (bicyclic) bond motifs is 7. The molecule has 0 saturated heterocycles. The molecule has 11 rings (SSSR count). The molecule has 0 aliphatic heterocycles.